The lowest BCUT2D eigenvalue weighted by Crippen LogP contribution is -2.22. The zero-order valence-corrected chi connectivity index (χ0v) is 8.40. The van der Waals surface area contributed by atoms with Crippen LogP contribution >= 0.6 is 0 Å². The number of hydrogen-bond acceptors (Lipinski definition) is 4. The molecule has 0 saturated heterocycles. The molecule has 0 unspecified atom stereocenters. The van der Waals surface area contributed by atoms with Gasteiger partial charge in [-0.2, -0.15) is 0 Å². The first-order valence-corrected chi connectivity index (χ1v) is 5.22. The molecule has 1 heterocycles. The van der Waals surface area contributed by atoms with E-state index in [-0.39, 0.29) is 5.82 Å². The Balaban J connectivity index is 1.94. The van der Waals surface area contributed by atoms with Crippen LogP contribution in [0.2, 0.25) is 0 Å². The van der Waals surface area contributed by atoms with Crippen molar-refractivity contribution in [3.63, 3.8) is 0 Å². The van der Waals surface area contributed by atoms with Crippen LogP contribution in [0.15, 0.2) is 6.07 Å². The molecule has 82 valence electrons. The van der Waals surface area contributed by atoms with Crippen LogP contribution in [0, 0.1) is 10.1 Å². The molecule has 2 rings (SSSR count). The number of nitrogens with one attached hydrogen (secondary N) is 2. The van der Waals surface area contributed by atoms with Gasteiger partial charge in [0.2, 0.25) is 0 Å². The summed E-state index contributed by atoms with van der Waals surface area (Å²) in [6, 6.07) is 1.86. The first kappa shape index (κ1) is 9.95. The summed E-state index contributed by atoms with van der Waals surface area (Å²) in [5, 5.41) is 19.9. The highest BCUT2D eigenvalue weighted by Crippen LogP contribution is 2.21. The summed E-state index contributed by atoms with van der Waals surface area (Å²) in [5.41, 5.74) is 0. The normalized spacial score (nSPS) is 17.6. The highest BCUT2D eigenvalue weighted by molar-refractivity contribution is 5.41. The smallest absolute Gasteiger partial charge is 0.344 e. The Morgan fingerprint density at radius 2 is 2.20 bits per heavy atom. The number of aromatic nitrogens is 2. The van der Waals surface area contributed by atoms with Gasteiger partial charge in [-0.1, -0.05) is 24.4 Å². The van der Waals surface area contributed by atoms with Crippen molar-refractivity contribution in [2.45, 2.75) is 38.1 Å². The number of rotatable bonds is 3. The maximum atomic E-state index is 10.4. The van der Waals surface area contributed by atoms with Gasteiger partial charge in [-0.05, 0) is 17.8 Å². The Hall–Kier alpha value is -1.59. The molecule has 0 bridgehead atoms. The fourth-order valence-electron chi connectivity index (χ4n) is 1.94. The average molecular weight is 210 g/mol. The summed E-state index contributed by atoms with van der Waals surface area (Å²) < 4.78 is 0. The summed E-state index contributed by atoms with van der Waals surface area (Å²) >= 11 is 0. The summed E-state index contributed by atoms with van der Waals surface area (Å²) in [7, 11) is 0. The van der Waals surface area contributed by atoms with Crippen molar-refractivity contribution in [3.8, 4) is 0 Å². The van der Waals surface area contributed by atoms with Gasteiger partial charge in [0.25, 0.3) is 0 Å². The minimum absolute atomic E-state index is 0.0618. The van der Waals surface area contributed by atoms with E-state index in [0.717, 1.165) is 12.8 Å². The molecule has 0 atom stereocenters. The Bertz CT molecular complexity index is 344. The molecule has 1 aromatic rings. The standard InChI is InChI=1S/C9H14N4O2/c14-13(15)9-6-8(11-12-9)10-7-4-2-1-3-5-7/h6-7H,1-5H2,(H2,10,11,12). The summed E-state index contributed by atoms with van der Waals surface area (Å²) in [6.07, 6.45) is 5.99. The lowest BCUT2D eigenvalue weighted by molar-refractivity contribution is -0.389. The molecule has 6 heteroatoms. The molecular formula is C9H14N4O2. The van der Waals surface area contributed by atoms with Crippen LogP contribution in [0.3, 0.4) is 0 Å². The molecule has 1 fully saturated rings. The van der Waals surface area contributed by atoms with Crippen LogP contribution < -0.4 is 5.32 Å². The van der Waals surface area contributed by atoms with Gasteiger partial charge in [-0.25, -0.2) is 0 Å². The maximum absolute atomic E-state index is 10.4. The van der Waals surface area contributed by atoms with Crippen LogP contribution in [0.4, 0.5) is 11.6 Å². The van der Waals surface area contributed by atoms with Crippen molar-refractivity contribution >= 4 is 11.6 Å². The molecule has 0 radical (unpaired) electrons. The van der Waals surface area contributed by atoms with E-state index in [1.807, 2.05) is 0 Å². The quantitative estimate of drug-likeness (QED) is 0.590. The largest absolute Gasteiger partial charge is 0.364 e. The van der Waals surface area contributed by atoms with E-state index in [1.54, 1.807) is 0 Å². The first-order valence-electron chi connectivity index (χ1n) is 5.22. The number of nitro groups is 1. The van der Waals surface area contributed by atoms with Gasteiger partial charge in [0.15, 0.2) is 5.82 Å². The highest BCUT2D eigenvalue weighted by Gasteiger charge is 2.16. The lowest BCUT2D eigenvalue weighted by Gasteiger charge is -2.21. The topological polar surface area (TPSA) is 83.8 Å². The lowest BCUT2D eigenvalue weighted by atomic mass is 9.96. The summed E-state index contributed by atoms with van der Waals surface area (Å²) in [4.78, 5) is 9.94. The van der Waals surface area contributed by atoms with Crippen molar-refractivity contribution in [2.75, 3.05) is 5.32 Å². The van der Waals surface area contributed by atoms with Gasteiger partial charge >= 0.3 is 5.82 Å². The SMILES string of the molecule is O=[N+]([O-])c1cc(NC2CCCCC2)n[nH]1. The van der Waals surface area contributed by atoms with Crippen LogP contribution in [-0.4, -0.2) is 21.2 Å². The highest BCUT2D eigenvalue weighted by atomic mass is 16.6. The Morgan fingerprint density at radius 1 is 1.47 bits per heavy atom. The molecule has 6 nitrogen and oxygen atoms in total. The summed E-state index contributed by atoms with van der Waals surface area (Å²) in [5.74, 6) is 0.516. The average Bonchev–Trinajstić information content (AvgIpc) is 2.68. The van der Waals surface area contributed by atoms with E-state index in [0.29, 0.717) is 11.9 Å². The van der Waals surface area contributed by atoms with Crippen molar-refractivity contribution in [1.82, 2.24) is 10.2 Å². The number of anilines is 1. The zero-order chi connectivity index (χ0) is 10.7. The molecule has 1 aromatic heterocycles. The third-order valence-corrected chi connectivity index (χ3v) is 2.72. The molecule has 1 aliphatic rings. The van der Waals surface area contributed by atoms with Crippen molar-refractivity contribution in [1.29, 1.82) is 0 Å². The fourth-order valence-corrected chi connectivity index (χ4v) is 1.94. The van der Waals surface area contributed by atoms with Gasteiger partial charge in [0.05, 0.1) is 6.07 Å². The van der Waals surface area contributed by atoms with E-state index in [9.17, 15) is 10.1 Å². The molecule has 0 aliphatic heterocycles. The summed E-state index contributed by atoms with van der Waals surface area (Å²) in [6.45, 7) is 0. The molecule has 0 amide bonds. The Morgan fingerprint density at radius 3 is 2.80 bits per heavy atom. The second-order valence-electron chi connectivity index (χ2n) is 3.87. The molecule has 1 aliphatic carbocycles. The number of hydrogen-bond donors (Lipinski definition) is 2. The predicted molar refractivity (Wildman–Crippen MR) is 55.7 cm³/mol. The van der Waals surface area contributed by atoms with E-state index in [1.165, 1.54) is 25.3 Å². The number of nitrogens with zero attached hydrogens (tertiary/aromatic N) is 2. The molecule has 15 heavy (non-hydrogen) atoms. The third-order valence-electron chi connectivity index (χ3n) is 2.72. The number of aromatic amines is 1. The first-order chi connectivity index (χ1) is 7.25. The van der Waals surface area contributed by atoms with Crippen molar-refractivity contribution in [2.24, 2.45) is 0 Å². The Kier molecular flexibility index (Phi) is 2.84. The minimum Gasteiger partial charge on any atom is -0.364 e. The van der Waals surface area contributed by atoms with Gasteiger partial charge < -0.3 is 15.4 Å². The van der Waals surface area contributed by atoms with Crippen molar-refractivity contribution in [3.05, 3.63) is 16.2 Å². The number of H-pyrrole nitrogens is 1. The van der Waals surface area contributed by atoms with E-state index in [4.69, 9.17) is 0 Å². The Labute approximate surface area is 87.2 Å². The minimum atomic E-state index is -0.473. The fraction of sp³-hybridized carbons (Fsp3) is 0.667. The molecular weight excluding hydrogens is 196 g/mol. The molecule has 0 spiro atoms. The van der Waals surface area contributed by atoms with Gasteiger partial charge in [0, 0.05) is 6.04 Å². The molecule has 1 saturated carbocycles. The van der Waals surface area contributed by atoms with Gasteiger partial charge in [-0.3, -0.25) is 0 Å². The van der Waals surface area contributed by atoms with Crippen LogP contribution in [0.25, 0.3) is 0 Å². The van der Waals surface area contributed by atoms with Crippen molar-refractivity contribution < 1.29 is 4.92 Å². The van der Waals surface area contributed by atoms with E-state index < -0.39 is 4.92 Å². The zero-order valence-electron chi connectivity index (χ0n) is 8.40. The predicted octanol–water partition coefficient (Wildman–Crippen LogP) is 2.06. The molecule has 0 aromatic carbocycles. The second kappa shape index (κ2) is 4.29. The molecule has 2 N–H and O–H groups in total. The monoisotopic (exact) mass is 210 g/mol. The second-order valence-corrected chi connectivity index (χ2v) is 3.87. The van der Waals surface area contributed by atoms with Gasteiger partial charge in [-0.15, -0.1) is 5.10 Å². The third kappa shape index (κ3) is 2.45. The van der Waals surface area contributed by atoms with E-state index >= 15 is 0 Å². The van der Waals surface area contributed by atoms with Crippen LogP contribution in [0.5, 0.6) is 0 Å². The van der Waals surface area contributed by atoms with E-state index in [2.05, 4.69) is 15.5 Å². The maximum Gasteiger partial charge on any atom is 0.344 e. The van der Waals surface area contributed by atoms with Crippen LogP contribution in [-0.2, 0) is 0 Å². The van der Waals surface area contributed by atoms with Gasteiger partial charge in [0.1, 0.15) is 0 Å². The van der Waals surface area contributed by atoms with Crippen LogP contribution in [0.1, 0.15) is 32.1 Å².